The number of halogens is 3. The fraction of sp³-hybridized carbons (Fsp3) is 0.400. The summed E-state index contributed by atoms with van der Waals surface area (Å²) >= 11 is 0. The predicted molar refractivity (Wildman–Crippen MR) is 120 cm³/mol. The van der Waals surface area contributed by atoms with Crippen molar-refractivity contribution in [2.24, 2.45) is 0 Å². The summed E-state index contributed by atoms with van der Waals surface area (Å²) in [5, 5.41) is 2.23. The molecule has 1 aromatic heterocycles. The molecule has 5 nitrogen and oxygen atoms in total. The number of benzene rings is 1. The van der Waals surface area contributed by atoms with Crippen LogP contribution >= 0.6 is 0 Å². The number of hydrogen-bond donors (Lipinski definition) is 1. The molecular formula is C25H25F3N4O. The molecule has 1 amide bonds. The van der Waals surface area contributed by atoms with Crippen LogP contribution in [0.3, 0.4) is 0 Å². The molecule has 5 rings (SSSR count). The Labute approximate surface area is 190 Å². The van der Waals surface area contributed by atoms with Gasteiger partial charge >= 0.3 is 12.1 Å². The summed E-state index contributed by atoms with van der Waals surface area (Å²) in [6.45, 7) is 2.79. The van der Waals surface area contributed by atoms with Gasteiger partial charge in [-0.05, 0) is 49.0 Å². The zero-order valence-electron chi connectivity index (χ0n) is 18.3. The van der Waals surface area contributed by atoms with Crippen molar-refractivity contribution in [3.05, 3.63) is 65.7 Å². The van der Waals surface area contributed by atoms with Gasteiger partial charge in [0.15, 0.2) is 0 Å². The van der Waals surface area contributed by atoms with Crippen molar-refractivity contribution < 1.29 is 18.0 Å². The SMILES string of the molecule is C[C@@H]1C2=C(CC=CC2)[C@H]2C[C@H](NC(=O)C(F)(F)F)CCN2c2ccc(-c3cnccn3)cc21. The Morgan fingerprint density at radius 1 is 1.15 bits per heavy atom. The van der Waals surface area contributed by atoms with Crippen molar-refractivity contribution >= 4 is 11.6 Å². The highest BCUT2D eigenvalue weighted by molar-refractivity contribution is 5.82. The number of carbonyl (C=O) groups excluding carboxylic acids is 1. The molecule has 3 heterocycles. The highest BCUT2D eigenvalue weighted by atomic mass is 19.4. The second-order valence-electron chi connectivity index (χ2n) is 8.92. The molecule has 1 aromatic carbocycles. The Balaban J connectivity index is 1.53. The predicted octanol–water partition coefficient (Wildman–Crippen LogP) is 4.92. The van der Waals surface area contributed by atoms with Gasteiger partial charge in [-0.2, -0.15) is 13.2 Å². The first-order valence-electron chi connectivity index (χ1n) is 11.2. The fourth-order valence-electron chi connectivity index (χ4n) is 5.43. The third-order valence-corrected chi connectivity index (χ3v) is 7.04. The molecule has 0 radical (unpaired) electrons. The highest BCUT2D eigenvalue weighted by Crippen LogP contribution is 2.46. The van der Waals surface area contributed by atoms with Crippen LogP contribution < -0.4 is 10.2 Å². The molecule has 1 N–H and O–H groups in total. The Hall–Kier alpha value is -3.16. The maximum absolute atomic E-state index is 12.8. The van der Waals surface area contributed by atoms with Gasteiger partial charge in [0.25, 0.3) is 0 Å². The molecule has 2 aliphatic heterocycles. The van der Waals surface area contributed by atoms with E-state index in [4.69, 9.17) is 0 Å². The first-order valence-corrected chi connectivity index (χ1v) is 11.2. The van der Waals surface area contributed by atoms with Crippen LogP contribution in [0.15, 0.2) is 60.1 Å². The number of alkyl halides is 3. The van der Waals surface area contributed by atoms with E-state index in [2.05, 4.69) is 51.4 Å². The quantitative estimate of drug-likeness (QED) is 0.655. The number of amides is 1. The molecule has 0 saturated carbocycles. The Morgan fingerprint density at radius 3 is 2.67 bits per heavy atom. The number of nitrogens with one attached hydrogen (secondary N) is 1. The molecule has 1 saturated heterocycles. The Kier molecular flexibility index (Phi) is 5.46. The normalized spacial score (nSPS) is 24.5. The first-order chi connectivity index (χ1) is 15.8. The maximum atomic E-state index is 12.8. The molecule has 3 atom stereocenters. The topological polar surface area (TPSA) is 58.1 Å². The van der Waals surface area contributed by atoms with E-state index in [1.165, 1.54) is 16.7 Å². The zero-order chi connectivity index (χ0) is 23.2. The van der Waals surface area contributed by atoms with E-state index >= 15 is 0 Å². The van der Waals surface area contributed by atoms with E-state index in [1.54, 1.807) is 18.6 Å². The summed E-state index contributed by atoms with van der Waals surface area (Å²) in [6.07, 6.45) is 7.06. The van der Waals surface area contributed by atoms with Gasteiger partial charge in [0.2, 0.25) is 0 Å². The molecule has 8 heteroatoms. The van der Waals surface area contributed by atoms with E-state index < -0.39 is 18.1 Å². The van der Waals surface area contributed by atoms with Gasteiger partial charge in [-0.1, -0.05) is 30.7 Å². The van der Waals surface area contributed by atoms with Crippen LogP contribution in [0.25, 0.3) is 11.3 Å². The average molecular weight is 454 g/mol. The van der Waals surface area contributed by atoms with Gasteiger partial charge in [0, 0.05) is 42.1 Å². The largest absolute Gasteiger partial charge is 0.471 e. The van der Waals surface area contributed by atoms with Crippen molar-refractivity contribution in [2.45, 2.75) is 56.8 Å². The third-order valence-electron chi connectivity index (χ3n) is 7.04. The van der Waals surface area contributed by atoms with E-state index in [1.807, 2.05) is 6.07 Å². The lowest BCUT2D eigenvalue weighted by atomic mass is 9.80. The van der Waals surface area contributed by atoms with Gasteiger partial charge in [-0.25, -0.2) is 0 Å². The van der Waals surface area contributed by atoms with Crippen LogP contribution in [0.4, 0.5) is 18.9 Å². The Morgan fingerprint density at radius 2 is 1.94 bits per heavy atom. The van der Waals surface area contributed by atoms with E-state index in [9.17, 15) is 18.0 Å². The molecule has 3 aliphatic rings. The molecule has 0 bridgehead atoms. The van der Waals surface area contributed by atoms with Gasteiger partial charge in [0.05, 0.1) is 17.9 Å². The van der Waals surface area contributed by atoms with E-state index in [-0.39, 0.29) is 12.0 Å². The molecular weight excluding hydrogens is 429 g/mol. The van der Waals surface area contributed by atoms with E-state index in [0.29, 0.717) is 19.4 Å². The molecule has 1 fully saturated rings. The first kappa shape index (κ1) is 21.7. The summed E-state index contributed by atoms with van der Waals surface area (Å²) in [6, 6.07) is 5.77. The lowest BCUT2D eigenvalue weighted by Crippen LogP contribution is -2.53. The average Bonchev–Trinajstić information content (AvgIpc) is 2.92. The summed E-state index contributed by atoms with van der Waals surface area (Å²) in [7, 11) is 0. The van der Waals surface area contributed by atoms with Crippen LogP contribution in [-0.4, -0.2) is 40.7 Å². The van der Waals surface area contributed by atoms with Crippen molar-refractivity contribution in [3.8, 4) is 11.3 Å². The minimum Gasteiger partial charge on any atom is -0.364 e. The number of allylic oxidation sites excluding steroid dienone is 3. The van der Waals surface area contributed by atoms with Crippen LogP contribution in [0.2, 0.25) is 0 Å². The van der Waals surface area contributed by atoms with Gasteiger partial charge < -0.3 is 10.2 Å². The molecule has 0 spiro atoms. The van der Waals surface area contributed by atoms with Crippen molar-refractivity contribution in [1.82, 2.24) is 15.3 Å². The summed E-state index contributed by atoms with van der Waals surface area (Å²) in [4.78, 5) is 22.5. The fourth-order valence-corrected chi connectivity index (χ4v) is 5.43. The minimum absolute atomic E-state index is 0.0386. The summed E-state index contributed by atoms with van der Waals surface area (Å²) < 4.78 is 38.5. The van der Waals surface area contributed by atoms with Crippen molar-refractivity contribution in [1.29, 1.82) is 0 Å². The van der Waals surface area contributed by atoms with Crippen LogP contribution in [0.1, 0.15) is 44.1 Å². The number of anilines is 1. The maximum Gasteiger partial charge on any atom is 0.471 e. The summed E-state index contributed by atoms with van der Waals surface area (Å²) in [5.74, 6) is -1.68. The van der Waals surface area contributed by atoms with Gasteiger partial charge in [0.1, 0.15) is 0 Å². The van der Waals surface area contributed by atoms with Gasteiger partial charge in [-0.3, -0.25) is 14.8 Å². The standard InChI is InChI=1S/C25H25F3N4O/c1-15-18-4-2-3-5-19(18)23-13-17(31-24(33)25(26,27)28)8-11-32(23)22-7-6-16(12-20(15)22)21-14-29-9-10-30-21/h2-3,6-7,9-10,12,14-15,17,23H,4-5,8,11,13H2,1H3,(H,31,33)/t15-,17-,23-/m1/s1. The molecule has 172 valence electrons. The van der Waals surface area contributed by atoms with Crippen molar-refractivity contribution in [3.63, 3.8) is 0 Å². The molecule has 0 unspecified atom stereocenters. The highest BCUT2D eigenvalue weighted by Gasteiger charge is 2.43. The summed E-state index contributed by atoms with van der Waals surface area (Å²) in [5.41, 5.74) is 6.70. The minimum atomic E-state index is -4.86. The van der Waals surface area contributed by atoms with Crippen LogP contribution in [0, 0.1) is 0 Å². The monoisotopic (exact) mass is 454 g/mol. The smallest absolute Gasteiger partial charge is 0.364 e. The van der Waals surface area contributed by atoms with Crippen LogP contribution in [-0.2, 0) is 4.79 Å². The third kappa shape index (κ3) is 4.03. The number of piperidine rings is 1. The number of aromatic nitrogens is 2. The second kappa shape index (κ2) is 8.32. The lowest BCUT2D eigenvalue weighted by Gasteiger charge is -2.42. The number of hydrogen-bond acceptors (Lipinski definition) is 4. The van der Waals surface area contributed by atoms with Crippen LogP contribution in [0.5, 0.6) is 0 Å². The number of nitrogens with zero attached hydrogens (tertiary/aromatic N) is 3. The molecule has 1 aliphatic carbocycles. The lowest BCUT2D eigenvalue weighted by molar-refractivity contribution is -0.174. The molecule has 33 heavy (non-hydrogen) atoms. The van der Waals surface area contributed by atoms with E-state index in [0.717, 1.165) is 29.8 Å². The van der Waals surface area contributed by atoms with Crippen molar-refractivity contribution in [2.75, 3.05) is 11.4 Å². The number of carbonyl (C=O) groups is 1. The zero-order valence-corrected chi connectivity index (χ0v) is 18.3. The molecule has 2 aromatic rings. The second-order valence-corrected chi connectivity index (χ2v) is 8.92. The van der Waals surface area contributed by atoms with Gasteiger partial charge in [-0.15, -0.1) is 0 Å². The number of rotatable bonds is 2. The Bertz CT molecular complexity index is 1130. The number of fused-ring (bicyclic) bond motifs is 4.